The molecule has 1 N–H and O–H groups in total. The molecule has 4 nitrogen and oxygen atoms in total. The highest BCUT2D eigenvalue weighted by Crippen LogP contribution is 2.20. The van der Waals surface area contributed by atoms with Crippen molar-refractivity contribution in [1.29, 1.82) is 0 Å². The molecule has 0 bridgehead atoms. The number of hydrogen-bond acceptors (Lipinski definition) is 3. The molecule has 0 aromatic rings. The molecular formula is C17H34N2O2. The van der Waals surface area contributed by atoms with Gasteiger partial charge in [0.1, 0.15) is 0 Å². The average molecular weight is 298 g/mol. The number of nitrogens with zero attached hydrogens (tertiary/aromatic N) is 2. The van der Waals surface area contributed by atoms with Gasteiger partial charge in [0, 0.05) is 13.1 Å². The van der Waals surface area contributed by atoms with Gasteiger partial charge in [-0.05, 0) is 50.6 Å². The summed E-state index contributed by atoms with van der Waals surface area (Å²) in [5, 5.41) is 9.64. The first-order valence-electron chi connectivity index (χ1n) is 8.47. The van der Waals surface area contributed by atoms with Crippen LogP contribution in [-0.4, -0.2) is 59.6 Å². The second-order valence-corrected chi connectivity index (χ2v) is 7.44. The lowest BCUT2D eigenvalue weighted by molar-refractivity contribution is -0.134. The number of carbonyl (C=O) groups excluding carboxylic acids is 1. The minimum atomic E-state index is -0.221. The van der Waals surface area contributed by atoms with Crippen LogP contribution in [0, 0.1) is 17.8 Å². The summed E-state index contributed by atoms with van der Waals surface area (Å²) in [5.41, 5.74) is 0. The van der Waals surface area contributed by atoms with Gasteiger partial charge in [0.15, 0.2) is 0 Å². The summed E-state index contributed by atoms with van der Waals surface area (Å²) >= 11 is 0. The number of likely N-dealkylation sites (tertiary alicyclic amines) is 1. The minimum Gasteiger partial charge on any atom is -0.393 e. The molecule has 0 saturated carbocycles. The van der Waals surface area contributed by atoms with Crippen LogP contribution in [-0.2, 0) is 4.79 Å². The molecule has 0 spiro atoms. The Labute approximate surface area is 130 Å². The number of piperidine rings is 1. The van der Waals surface area contributed by atoms with E-state index in [1.54, 1.807) is 0 Å². The quantitative estimate of drug-likeness (QED) is 0.784. The number of aliphatic hydroxyl groups is 1. The van der Waals surface area contributed by atoms with Crippen molar-refractivity contribution in [2.75, 3.05) is 32.7 Å². The summed E-state index contributed by atoms with van der Waals surface area (Å²) in [6.07, 6.45) is 1.78. The Morgan fingerprint density at radius 3 is 1.95 bits per heavy atom. The predicted octanol–water partition coefficient (Wildman–Crippen LogP) is 2.22. The van der Waals surface area contributed by atoms with Crippen molar-refractivity contribution in [3.63, 3.8) is 0 Å². The highest BCUT2D eigenvalue weighted by Gasteiger charge is 2.25. The van der Waals surface area contributed by atoms with E-state index in [-0.39, 0.29) is 12.0 Å². The fourth-order valence-corrected chi connectivity index (χ4v) is 3.04. The third kappa shape index (κ3) is 6.79. The van der Waals surface area contributed by atoms with Crippen molar-refractivity contribution in [3.05, 3.63) is 0 Å². The Morgan fingerprint density at radius 1 is 1.10 bits per heavy atom. The van der Waals surface area contributed by atoms with Gasteiger partial charge in [-0.25, -0.2) is 0 Å². The maximum atomic E-state index is 12.5. The second kappa shape index (κ2) is 8.74. The summed E-state index contributed by atoms with van der Waals surface area (Å²) in [7, 11) is 0. The van der Waals surface area contributed by atoms with Crippen LogP contribution in [0.3, 0.4) is 0 Å². The van der Waals surface area contributed by atoms with Crippen LogP contribution in [0.1, 0.15) is 47.5 Å². The van der Waals surface area contributed by atoms with Crippen LogP contribution in [0.2, 0.25) is 0 Å². The van der Waals surface area contributed by atoms with E-state index in [9.17, 15) is 9.90 Å². The molecule has 1 amide bonds. The molecule has 1 rings (SSSR count). The zero-order valence-corrected chi connectivity index (χ0v) is 14.5. The van der Waals surface area contributed by atoms with Gasteiger partial charge in [-0.3, -0.25) is 9.69 Å². The van der Waals surface area contributed by atoms with Gasteiger partial charge in [0.25, 0.3) is 0 Å². The SMILES string of the molecule is CC(C)CN(CC(C)C)C(=O)CN1CCC(C(C)O)CC1. The van der Waals surface area contributed by atoms with Crippen LogP contribution < -0.4 is 0 Å². The Hall–Kier alpha value is -0.610. The van der Waals surface area contributed by atoms with Crippen molar-refractivity contribution in [2.45, 2.75) is 53.6 Å². The Balaban J connectivity index is 2.46. The van der Waals surface area contributed by atoms with Crippen molar-refractivity contribution < 1.29 is 9.90 Å². The van der Waals surface area contributed by atoms with Crippen LogP contribution in [0.5, 0.6) is 0 Å². The molecule has 21 heavy (non-hydrogen) atoms. The van der Waals surface area contributed by atoms with Gasteiger partial charge < -0.3 is 10.0 Å². The lowest BCUT2D eigenvalue weighted by Crippen LogP contribution is -2.46. The lowest BCUT2D eigenvalue weighted by atomic mass is 9.92. The van der Waals surface area contributed by atoms with Crippen molar-refractivity contribution >= 4 is 5.91 Å². The Morgan fingerprint density at radius 2 is 1.57 bits per heavy atom. The molecule has 1 saturated heterocycles. The molecule has 1 unspecified atom stereocenters. The van der Waals surface area contributed by atoms with Gasteiger partial charge in [-0.15, -0.1) is 0 Å². The highest BCUT2D eigenvalue weighted by atomic mass is 16.3. The maximum absolute atomic E-state index is 12.5. The smallest absolute Gasteiger partial charge is 0.236 e. The number of rotatable bonds is 7. The zero-order chi connectivity index (χ0) is 16.0. The first-order valence-corrected chi connectivity index (χ1v) is 8.47. The largest absolute Gasteiger partial charge is 0.393 e. The normalized spacial score (nSPS) is 19.2. The van der Waals surface area contributed by atoms with Crippen molar-refractivity contribution in [3.8, 4) is 0 Å². The fourth-order valence-electron chi connectivity index (χ4n) is 3.04. The second-order valence-electron chi connectivity index (χ2n) is 7.44. The third-order valence-corrected chi connectivity index (χ3v) is 4.20. The summed E-state index contributed by atoms with van der Waals surface area (Å²) in [6.45, 7) is 14.6. The molecule has 1 aliphatic rings. The monoisotopic (exact) mass is 298 g/mol. The molecule has 4 heteroatoms. The molecule has 1 fully saturated rings. The number of hydrogen-bond donors (Lipinski definition) is 1. The molecule has 0 aliphatic carbocycles. The summed E-state index contributed by atoms with van der Waals surface area (Å²) in [4.78, 5) is 16.8. The van der Waals surface area contributed by atoms with Crippen LogP contribution >= 0.6 is 0 Å². The van der Waals surface area contributed by atoms with Crippen LogP contribution in [0.25, 0.3) is 0 Å². The van der Waals surface area contributed by atoms with Crippen molar-refractivity contribution in [1.82, 2.24) is 9.80 Å². The van der Waals surface area contributed by atoms with Gasteiger partial charge in [-0.2, -0.15) is 0 Å². The number of carbonyl (C=O) groups is 1. The van der Waals surface area contributed by atoms with E-state index in [0.29, 0.717) is 24.3 Å². The van der Waals surface area contributed by atoms with Crippen LogP contribution in [0.15, 0.2) is 0 Å². The molecule has 0 radical (unpaired) electrons. The van der Waals surface area contributed by atoms with E-state index >= 15 is 0 Å². The van der Waals surface area contributed by atoms with E-state index in [4.69, 9.17) is 0 Å². The standard InChI is InChI=1S/C17H34N2O2/c1-13(2)10-19(11-14(3)4)17(21)12-18-8-6-16(7-9-18)15(5)20/h13-16,20H,6-12H2,1-5H3. The molecule has 1 aliphatic heterocycles. The van der Waals surface area contributed by atoms with Crippen molar-refractivity contribution in [2.24, 2.45) is 17.8 Å². The summed E-state index contributed by atoms with van der Waals surface area (Å²) < 4.78 is 0. The van der Waals surface area contributed by atoms with E-state index in [2.05, 4.69) is 32.6 Å². The molecule has 1 heterocycles. The van der Waals surface area contributed by atoms with Gasteiger partial charge in [0.05, 0.1) is 12.6 Å². The number of aliphatic hydroxyl groups excluding tert-OH is 1. The van der Waals surface area contributed by atoms with E-state index in [1.165, 1.54) is 0 Å². The Kier molecular flexibility index (Phi) is 7.67. The van der Waals surface area contributed by atoms with E-state index in [0.717, 1.165) is 39.0 Å². The topological polar surface area (TPSA) is 43.8 Å². The van der Waals surface area contributed by atoms with Gasteiger partial charge >= 0.3 is 0 Å². The molecule has 0 aromatic carbocycles. The first kappa shape index (κ1) is 18.4. The zero-order valence-electron chi connectivity index (χ0n) is 14.5. The molecule has 1 atom stereocenters. The third-order valence-electron chi connectivity index (χ3n) is 4.20. The fraction of sp³-hybridized carbons (Fsp3) is 0.941. The molecule has 124 valence electrons. The first-order chi connectivity index (χ1) is 9.79. The Bertz CT molecular complexity index is 298. The van der Waals surface area contributed by atoms with E-state index in [1.807, 2.05) is 11.8 Å². The van der Waals surface area contributed by atoms with E-state index < -0.39 is 0 Å². The summed E-state index contributed by atoms with van der Waals surface area (Å²) in [6, 6.07) is 0. The molecule has 0 aromatic heterocycles. The van der Waals surface area contributed by atoms with Crippen LogP contribution in [0.4, 0.5) is 0 Å². The molecular weight excluding hydrogens is 264 g/mol. The average Bonchev–Trinajstić information content (AvgIpc) is 2.37. The minimum absolute atomic E-state index is 0.221. The van der Waals surface area contributed by atoms with Gasteiger partial charge in [0.2, 0.25) is 5.91 Å². The highest BCUT2D eigenvalue weighted by molar-refractivity contribution is 5.78. The van der Waals surface area contributed by atoms with Gasteiger partial charge in [-0.1, -0.05) is 27.7 Å². The maximum Gasteiger partial charge on any atom is 0.236 e. The number of amides is 1. The predicted molar refractivity (Wildman–Crippen MR) is 87.1 cm³/mol. The summed E-state index contributed by atoms with van der Waals surface area (Å²) in [5.74, 6) is 1.68. The lowest BCUT2D eigenvalue weighted by Gasteiger charge is -2.35.